The van der Waals surface area contributed by atoms with E-state index in [0.29, 0.717) is 5.02 Å². The summed E-state index contributed by atoms with van der Waals surface area (Å²) in [5, 5.41) is 0.296. The Kier molecular flexibility index (Phi) is 3.49. The van der Waals surface area contributed by atoms with Gasteiger partial charge >= 0.3 is 0 Å². The largest absolute Gasteiger partial charge is 0.263 e. The van der Waals surface area contributed by atoms with E-state index in [0.717, 1.165) is 6.07 Å². The number of anilines is 1. The third kappa shape index (κ3) is 2.96. The molecule has 1 heterocycles. The summed E-state index contributed by atoms with van der Waals surface area (Å²) >= 11 is 5.71. The lowest BCUT2D eigenvalue weighted by atomic mass is 10.4. The van der Waals surface area contributed by atoms with Gasteiger partial charge in [-0.2, -0.15) is 4.39 Å². The van der Waals surface area contributed by atoms with Gasteiger partial charge in [0.05, 0.1) is 4.90 Å². The molecule has 0 amide bonds. The van der Waals surface area contributed by atoms with E-state index in [4.69, 9.17) is 11.6 Å². The van der Waals surface area contributed by atoms with Crippen molar-refractivity contribution in [3.63, 3.8) is 0 Å². The molecule has 0 aliphatic heterocycles. The summed E-state index contributed by atoms with van der Waals surface area (Å²) in [5.74, 6) is -0.851. The van der Waals surface area contributed by atoms with Gasteiger partial charge in [-0.25, -0.2) is 13.4 Å². The maximum absolute atomic E-state index is 12.8. The fourth-order valence-corrected chi connectivity index (χ4v) is 2.60. The minimum absolute atomic E-state index is 0.0129. The number of nitrogens with one attached hydrogen (secondary N) is 1. The highest BCUT2D eigenvalue weighted by atomic mass is 35.5. The number of pyridine rings is 1. The third-order valence-corrected chi connectivity index (χ3v) is 3.65. The van der Waals surface area contributed by atoms with Crippen LogP contribution in [0.2, 0.25) is 5.02 Å². The van der Waals surface area contributed by atoms with Crippen molar-refractivity contribution in [2.45, 2.75) is 4.90 Å². The van der Waals surface area contributed by atoms with E-state index < -0.39 is 16.0 Å². The molecule has 0 radical (unpaired) electrons. The average Bonchev–Trinajstić information content (AvgIpc) is 2.28. The van der Waals surface area contributed by atoms with Crippen LogP contribution in [0.15, 0.2) is 47.4 Å². The molecular weight excluding hydrogens is 279 g/mol. The Morgan fingerprint density at radius 2 is 1.89 bits per heavy atom. The van der Waals surface area contributed by atoms with Gasteiger partial charge in [0.25, 0.3) is 10.0 Å². The maximum Gasteiger partial charge on any atom is 0.263 e. The standard InChI is InChI=1S/C11H8ClFN2O2S/c12-8-3-1-4-9(7-8)18(16,17)15-11-6-2-5-10(13)14-11/h1-7H,(H,14,15). The molecule has 0 spiro atoms. The molecule has 1 aromatic heterocycles. The fourth-order valence-electron chi connectivity index (χ4n) is 1.30. The molecule has 18 heavy (non-hydrogen) atoms. The number of hydrogen-bond donors (Lipinski definition) is 1. The zero-order valence-electron chi connectivity index (χ0n) is 8.97. The third-order valence-electron chi connectivity index (χ3n) is 2.06. The van der Waals surface area contributed by atoms with Crippen LogP contribution in [0.3, 0.4) is 0 Å². The van der Waals surface area contributed by atoms with Gasteiger partial charge in [-0.3, -0.25) is 4.72 Å². The van der Waals surface area contributed by atoms with Gasteiger partial charge in [-0.1, -0.05) is 23.7 Å². The van der Waals surface area contributed by atoms with Crippen LogP contribution >= 0.6 is 11.6 Å². The number of nitrogens with zero attached hydrogens (tertiary/aromatic N) is 1. The van der Waals surface area contributed by atoms with Crippen LogP contribution in [0.1, 0.15) is 0 Å². The van der Waals surface area contributed by atoms with E-state index in [1.54, 1.807) is 6.07 Å². The number of aromatic nitrogens is 1. The number of rotatable bonds is 3. The summed E-state index contributed by atoms with van der Waals surface area (Å²) in [7, 11) is -3.82. The lowest BCUT2D eigenvalue weighted by molar-refractivity contribution is 0.584. The highest BCUT2D eigenvalue weighted by Gasteiger charge is 2.15. The van der Waals surface area contributed by atoms with E-state index >= 15 is 0 Å². The van der Waals surface area contributed by atoms with E-state index in [9.17, 15) is 12.8 Å². The first-order chi connectivity index (χ1) is 8.47. The summed E-state index contributed by atoms with van der Waals surface area (Å²) in [6.07, 6.45) is 0. The molecular formula is C11H8ClFN2O2S. The fraction of sp³-hybridized carbons (Fsp3) is 0. The Morgan fingerprint density at radius 3 is 2.56 bits per heavy atom. The molecule has 0 atom stereocenters. The van der Waals surface area contributed by atoms with E-state index in [-0.39, 0.29) is 10.7 Å². The molecule has 1 N–H and O–H groups in total. The van der Waals surface area contributed by atoms with Gasteiger partial charge in [0.1, 0.15) is 5.82 Å². The van der Waals surface area contributed by atoms with Gasteiger partial charge in [-0.15, -0.1) is 0 Å². The van der Waals surface area contributed by atoms with Crippen molar-refractivity contribution < 1.29 is 12.8 Å². The molecule has 0 aliphatic carbocycles. The van der Waals surface area contributed by atoms with Crippen LogP contribution in [-0.2, 0) is 10.0 Å². The Morgan fingerprint density at radius 1 is 1.17 bits per heavy atom. The lowest BCUT2D eigenvalue weighted by Gasteiger charge is -2.07. The summed E-state index contributed by atoms with van der Waals surface area (Å²) in [6.45, 7) is 0. The molecule has 0 saturated heterocycles. The SMILES string of the molecule is O=S(=O)(Nc1cccc(F)n1)c1cccc(Cl)c1. The predicted molar refractivity (Wildman–Crippen MR) is 66.5 cm³/mol. The Bertz CT molecular complexity index is 676. The molecule has 0 aliphatic rings. The van der Waals surface area contributed by atoms with Crippen LogP contribution in [-0.4, -0.2) is 13.4 Å². The molecule has 2 aromatic rings. The first-order valence-corrected chi connectivity index (χ1v) is 6.74. The van der Waals surface area contributed by atoms with Crippen LogP contribution < -0.4 is 4.72 Å². The first kappa shape index (κ1) is 12.8. The van der Waals surface area contributed by atoms with E-state index in [2.05, 4.69) is 9.71 Å². The maximum atomic E-state index is 12.8. The van der Waals surface area contributed by atoms with Crippen molar-refractivity contribution >= 4 is 27.4 Å². The molecule has 0 saturated carbocycles. The lowest BCUT2D eigenvalue weighted by Crippen LogP contribution is -2.14. The van der Waals surface area contributed by atoms with Gasteiger partial charge in [-0.05, 0) is 30.3 Å². The van der Waals surface area contributed by atoms with Gasteiger partial charge in [0, 0.05) is 5.02 Å². The molecule has 0 unspecified atom stereocenters. The normalized spacial score (nSPS) is 11.2. The second-order valence-corrected chi connectivity index (χ2v) is 5.53. The second-order valence-electron chi connectivity index (χ2n) is 3.41. The summed E-state index contributed by atoms with van der Waals surface area (Å²) in [5.41, 5.74) is 0. The monoisotopic (exact) mass is 286 g/mol. The highest BCUT2D eigenvalue weighted by Crippen LogP contribution is 2.18. The van der Waals surface area contributed by atoms with E-state index in [1.807, 2.05) is 0 Å². The topological polar surface area (TPSA) is 59.1 Å². The Hall–Kier alpha value is -1.66. The van der Waals surface area contributed by atoms with Crippen molar-refractivity contribution in [2.24, 2.45) is 0 Å². The zero-order valence-corrected chi connectivity index (χ0v) is 10.5. The summed E-state index contributed by atoms with van der Waals surface area (Å²) in [6, 6.07) is 9.58. The van der Waals surface area contributed by atoms with Gasteiger partial charge in [0.2, 0.25) is 5.95 Å². The van der Waals surface area contributed by atoms with Crippen molar-refractivity contribution in [3.8, 4) is 0 Å². The van der Waals surface area contributed by atoms with Crippen LogP contribution in [0.5, 0.6) is 0 Å². The summed E-state index contributed by atoms with van der Waals surface area (Å²) < 4.78 is 38.9. The smallest absolute Gasteiger partial charge is 0.263 e. The van der Waals surface area contributed by atoms with Crippen LogP contribution in [0, 0.1) is 5.95 Å². The first-order valence-electron chi connectivity index (χ1n) is 4.88. The molecule has 7 heteroatoms. The molecule has 0 fully saturated rings. The number of halogens is 2. The summed E-state index contributed by atoms with van der Waals surface area (Å²) in [4.78, 5) is 3.40. The van der Waals surface area contributed by atoms with Gasteiger partial charge < -0.3 is 0 Å². The minimum Gasteiger partial charge on any atom is -0.263 e. The molecule has 4 nitrogen and oxygen atoms in total. The molecule has 1 aromatic carbocycles. The Labute approximate surface area is 108 Å². The second kappa shape index (κ2) is 4.91. The van der Waals surface area contributed by atoms with Crippen molar-refractivity contribution in [1.29, 1.82) is 0 Å². The molecule has 94 valence electrons. The zero-order chi connectivity index (χ0) is 13.2. The highest BCUT2D eigenvalue weighted by molar-refractivity contribution is 7.92. The quantitative estimate of drug-likeness (QED) is 0.883. The molecule has 2 rings (SSSR count). The van der Waals surface area contributed by atoms with Gasteiger partial charge in [0.15, 0.2) is 0 Å². The number of sulfonamides is 1. The Balaban J connectivity index is 2.33. The van der Waals surface area contributed by atoms with Crippen molar-refractivity contribution in [2.75, 3.05) is 4.72 Å². The van der Waals surface area contributed by atoms with Crippen molar-refractivity contribution in [1.82, 2.24) is 4.98 Å². The number of benzene rings is 1. The van der Waals surface area contributed by atoms with Crippen LogP contribution in [0.4, 0.5) is 10.2 Å². The average molecular weight is 287 g/mol. The molecule has 0 bridgehead atoms. The van der Waals surface area contributed by atoms with Crippen molar-refractivity contribution in [3.05, 3.63) is 53.4 Å². The van der Waals surface area contributed by atoms with Crippen LogP contribution in [0.25, 0.3) is 0 Å². The van der Waals surface area contributed by atoms with E-state index in [1.165, 1.54) is 30.3 Å². The predicted octanol–water partition coefficient (Wildman–Crippen LogP) is 2.67. The minimum atomic E-state index is -3.82. The number of hydrogen-bond acceptors (Lipinski definition) is 3.